The molecule has 2 aromatic heterocycles. The van der Waals surface area contributed by atoms with Gasteiger partial charge in [-0.25, -0.2) is 9.97 Å². The van der Waals surface area contributed by atoms with E-state index in [-0.39, 0.29) is 11.7 Å². The molecule has 178 valence electrons. The second-order valence-electron chi connectivity index (χ2n) is 8.56. The number of amides is 1. The van der Waals surface area contributed by atoms with Gasteiger partial charge in [-0.15, -0.1) is 0 Å². The number of aromatic amines is 1. The Morgan fingerprint density at radius 2 is 1.91 bits per heavy atom. The van der Waals surface area contributed by atoms with Crippen LogP contribution in [-0.4, -0.2) is 59.4 Å². The van der Waals surface area contributed by atoms with Crippen molar-refractivity contribution in [3.8, 4) is 11.3 Å². The Morgan fingerprint density at radius 1 is 1.11 bits per heavy atom. The number of benzene rings is 2. The maximum absolute atomic E-state index is 12.7. The molecular formula is C26H28N8O. The molecule has 2 aromatic carbocycles. The van der Waals surface area contributed by atoms with Gasteiger partial charge in [0.2, 0.25) is 5.95 Å². The average Bonchev–Trinajstić information content (AvgIpc) is 3.33. The van der Waals surface area contributed by atoms with Gasteiger partial charge in [-0.1, -0.05) is 18.2 Å². The van der Waals surface area contributed by atoms with Crippen molar-refractivity contribution < 1.29 is 4.79 Å². The van der Waals surface area contributed by atoms with Crippen molar-refractivity contribution >= 4 is 28.6 Å². The molecule has 0 saturated carbocycles. The van der Waals surface area contributed by atoms with Gasteiger partial charge in [-0.05, 0) is 42.3 Å². The number of carbonyl (C=O) groups excluding carboxylic acids is 1. The smallest absolute Gasteiger partial charge is 0.251 e. The van der Waals surface area contributed by atoms with E-state index in [4.69, 9.17) is 16.1 Å². The van der Waals surface area contributed by atoms with Crippen LogP contribution >= 0.6 is 0 Å². The fraction of sp³-hybridized carbons (Fsp3) is 0.231. The molecule has 9 heteroatoms. The molecule has 6 N–H and O–H groups in total. The highest BCUT2D eigenvalue weighted by Crippen LogP contribution is 2.21. The van der Waals surface area contributed by atoms with Gasteiger partial charge in [0.15, 0.2) is 0 Å². The molecule has 0 aliphatic carbocycles. The van der Waals surface area contributed by atoms with Crippen LogP contribution in [-0.2, 0) is 6.42 Å². The van der Waals surface area contributed by atoms with Crippen LogP contribution in [0.1, 0.15) is 21.5 Å². The maximum atomic E-state index is 12.7. The Morgan fingerprint density at radius 3 is 2.69 bits per heavy atom. The summed E-state index contributed by atoms with van der Waals surface area (Å²) in [5.41, 5.74) is 10.7. The lowest BCUT2D eigenvalue weighted by Gasteiger charge is -2.27. The topological polar surface area (TPSA) is 136 Å². The van der Waals surface area contributed by atoms with Crippen LogP contribution in [0.15, 0.2) is 60.9 Å². The van der Waals surface area contributed by atoms with E-state index >= 15 is 0 Å². The van der Waals surface area contributed by atoms with Crippen LogP contribution in [0.4, 0.5) is 5.95 Å². The number of anilines is 1. The Kier molecular flexibility index (Phi) is 6.40. The number of aromatic nitrogens is 3. The molecule has 0 unspecified atom stereocenters. The van der Waals surface area contributed by atoms with Gasteiger partial charge < -0.3 is 26.3 Å². The first kappa shape index (κ1) is 22.5. The average molecular weight is 469 g/mol. The third-order valence-electron chi connectivity index (χ3n) is 6.22. The van der Waals surface area contributed by atoms with Crippen molar-refractivity contribution in [2.45, 2.75) is 6.42 Å². The molecule has 1 aliphatic heterocycles. The molecule has 0 atom stereocenters. The Balaban J connectivity index is 1.20. The highest BCUT2D eigenvalue weighted by Gasteiger charge is 2.14. The predicted molar refractivity (Wildman–Crippen MR) is 138 cm³/mol. The van der Waals surface area contributed by atoms with E-state index in [9.17, 15) is 4.79 Å². The summed E-state index contributed by atoms with van der Waals surface area (Å²) < 4.78 is 0. The molecule has 1 fully saturated rings. The largest absolute Gasteiger partial charge is 0.384 e. The standard InChI is InChI=1S/C26H28N8O/c27-24(28)21-16-32-23-6-1-17(15-20(21)23)7-9-30-25(35)19-4-2-18(3-5-19)22-8-10-31-26(33-22)34-13-11-29-12-14-34/h1-6,8,10,15-16,29,32H,7,9,11-14H2,(H3,27,28)(H,30,35). The minimum Gasteiger partial charge on any atom is -0.384 e. The summed E-state index contributed by atoms with van der Waals surface area (Å²) in [6, 6.07) is 15.4. The second kappa shape index (κ2) is 9.94. The number of piperazine rings is 1. The molecule has 1 saturated heterocycles. The van der Waals surface area contributed by atoms with Gasteiger partial charge in [0, 0.05) is 72.7 Å². The van der Waals surface area contributed by atoms with Crippen molar-refractivity contribution in [2.24, 2.45) is 5.73 Å². The SMILES string of the molecule is N=C(N)c1c[nH]c2ccc(CCNC(=O)c3ccc(-c4ccnc(N5CCNCC5)n4)cc3)cc12. The first-order valence-corrected chi connectivity index (χ1v) is 11.7. The zero-order chi connectivity index (χ0) is 24.2. The Labute approximate surface area is 203 Å². The summed E-state index contributed by atoms with van der Waals surface area (Å²) in [6.45, 7) is 4.14. The van der Waals surface area contributed by atoms with E-state index in [1.165, 1.54) is 0 Å². The summed E-state index contributed by atoms with van der Waals surface area (Å²) >= 11 is 0. The van der Waals surface area contributed by atoms with E-state index in [1.54, 1.807) is 12.4 Å². The second-order valence-corrected chi connectivity index (χ2v) is 8.56. The Bertz CT molecular complexity index is 1360. The lowest BCUT2D eigenvalue weighted by molar-refractivity contribution is 0.0954. The molecule has 0 bridgehead atoms. The summed E-state index contributed by atoms with van der Waals surface area (Å²) in [4.78, 5) is 27.1. The summed E-state index contributed by atoms with van der Waals surface area (Å²) in [5.74, 6) is 0.652. The minimum absolute atomic E-state index is 0.0344. The van der Waals surface area contributed by atoms with Crippen molar-refractivity contribution in [3.05, 3.63) is 77.6 Å². The number of carbonyl (C=O) groups is 1. The molecule has 1 amide bonds. The predicted octanol–water partition coefficient (Wildman–Crippen LogP) is 2.29. The maximum Gasteiger partial charge on any atom is 0.251 e. The van der Waals surface area contributed by atoms with Crippen molar-refractivity contribution in [2.75, 3.05) is 37.6 Å². The lowest BCUT2D eigenvalue weighted by atomic mass is 10.1. The van der Waals surface area contributed by atoms with Crippen LogP contribution in [0.5, 0.6) is 0 Å². The number of hydrogen-bond acceptors (Lipinski definition) is 6. The number of H-pyrrole nitrogens is 1. The number of hydrogen-bond donors (Lipinski definition) is 5. The minimum atomic E-state index is -0.118. The molecule has 3 heterocycles. The quantitative estimate of drug-likeness (QED) is 0.209. The third kappa shape index (κ3) is 4.99. The van der Waals surface area contributed by atoms with E-state index < -0.39 is 0 Å². The fourth-order valence-electron chi connectivity index (χ4n) is 4.29. The fourth-order valence-corrected chi connectivity index (χ4v) is 4.29. The number of nitrogens with zero attached hydrogens (tertiary/aromatic N) is 3. The summed E-state index contributed by atoms with van der Waals surface area (Å²) in [7, 11) is 0. The normalized spacial score (nSPS) is 13.7. The zero-order valence-electron chi connectivity index (χ0n) is 19.3. The van der Waals surface area contributed by atoms with E-state index in [1.807, 2.05) is 48.5 Å². The number of nitrogens with two attached hydrogens (primary N) is 1. The number of nitrogens with one attached hydrogen (secondary N) is 4. The van der Waals surface area contributed by atoms with Crippen LogP contribution in [0.25, 0.3) is 22.2 Å². The van der Waals surface area contributed by atoms with Crippen LogP contribution in [0.3, 0.4) is 0 Å². The monoisotopic (exact) mass is 468 g/mol. The van der Waals surface area contributed by atoms with Gasteiger partial charge in [0.1, 0.15) is 5.84 Å². The lowest BCUT2D eigenvalue weighted by Crippen LogP contribution is -2.44. The van der Waals surface area contributed by atoms with Crippen LogP contribution in [0.2, 0.25) is 0 Å². The molecule has 0 radical (unpaired) electrons. The highest BCUT2D eigenvalue weighted by atomic mass is 16.1. The van der Waals surface area contributed by atoms with E-state index in [0.717, 1.165) is 59.9 Å². The number of fused-ring (bicyclic) bond motifs is 1. The molecule has 9 nitrogen and oxygen atoms in total. The summed E-state index contributed by atoms with van der Waals surface area (Å²) in [6.07, 6.45) is 4.21. The molecule has 1 aliphatic rings. The van der Waals surface area contributed by atoms with Gasteiger partial charge in [-0.3, -0.25) is 10.2 Å². The molecule has 35 heavy (non-hydrogen) atoms. The number of rotatable bonds is 7. The first-order valence-electron chi connectivity index (χ1n) is 11.7. The number of amidine groups is 1. The molecule has 4 aromatic rings. The van der Waals surface area contributed by atoms with E-state index in [2.05, 4.69) is 25.5 Å². The van der Waals surface area contributed by atoms with Crippen molar-refractivity contribution in [1.29, 1.82) is 5.41 Å². The van der Waals surface area contributed by atoms with Crippen molar-refractivity contribution in [3.63, 3.8) is 0 Å². The van der Waals surface area contributed by atoms with Crippen LogP contribution in [0, 0.1) is 5.41 Å². The Hall–Kier alpha value is -4.24. The zero-order valence-corrected chi connectivity index (χ0v) is 19.3. The number of nitrogen functional groups attached to an aromatic ring is 1. The van der Waals surface area contributed by atoms with Crippen LogP contribution < -0.4 is 21.3 Å². The highest BCUT2D eigenvalue weighted by molar-refractivity contribution is 6.07. The van der Waals surface area contributed by atoms with Crippen molar-refractivity contribution in [1.82, 2.24) is 25.6 Å². The molecular weight excluding hydrogens is 440 g/mol. The first-order chi connectivity index (χ1) is 17.1. The molecule has 0 spiro atoms. The summed E-state index contributed by atoms with van der Waals surface area (Å²) in [5, 5.41) is 15.0. The van der Waals surface area contributed by atoms with Gasteiger partial charge in [0.05, 0.1) is 5.69 Å². The molecule has 5 rings (SSSR count). The third-order valence-corrected chi connectivity index (χ3v) is 6.22. The van der Waals surface area contributed by atoms with Gasteiger partial charge in [-0.2, -0.15) is 0 Å². The van der Waals surface area contributed by atoms with E-state index in [0.29, 0.717) is 24.1 Å². The van der Waals surface area contributed by atoms with Gasteiger partial charge >= 0.3 is 0 Å². The van der Waals surface area contributed by atoms with Gasteiger partial charge in [0.25, 0.3) is 5.91 Å².